The monoisotopic (exact) mass is 260 g/mol. The zero-order chi connectivity index (χ0) is 13.4. The molecule has 0 aliphatic carbocycles. The molecule has 3 heterocycles. The maximum atomic E-state index is 10.9. The summed E-state index contributed by atoms with van der Waals surface area (Å²) in [6.45, 7) is 0. The van der Waals surface area contributed by atoms with Crippen molar-refractivity contribution in [3.63, 3.8) is 0 Å². The number of aromatic nitrogens is 6. The van der Waals surface area contributed by atoms with Gasteiger partial charge in [-0.2, -0.15) is 0 Å². The van der Waals surface area contributed by atoms with E-state index >= 15 is 0 Å². The molecule has 3 rings (SSSR count). The molecule has 3 N–H and O–H groups in total. The van der Waals surface area contributed by atoms with Crippen LogP contribution in [0.5, 0.6) is 0 Å². The predicted molar refractivity (Wildman–Crippen MR) is 61.0 cm³/mol. The normalized spacial score (nSPS) is 12.7. The Bertz CT molecular complexity index is 735. The molecule has 19 heavy (non-hydrogen) atoms. The Kier molecular flexibility index (Phi) is 2.46. The minimum Gasteiger partial charge on any atom is -0.479 e. The van der Waals surface area contributed by atoms with Crippen LogP contribution in [-0.4, -0.2) is 46.2 Å². The molecule has 9 heteroatoms. The van der Waals surface area contributed by atoms with Crippen molar-refractivity contribution in [1.82, 2.24) is 30.0 Å². The molecular weight excluding hydrogens is 252 g/mol. The van der Waals surface area contributed by atoms with Gasteiger partial charge in [-0.05, 0) is 22.6 Å². The summed E-state index contributed by atoms with van der Waals surface area (Å²) in [6.07, 6.45) is -0.164. The third-order valence-corrected chi connectivity index (χ3v) is 2.66. The lowest BCUT2D eigenvalue weighted by Crippen LogP contribution is -2.14. The van der Waals surface area contributed by atoms with Gasteiger partial charge in [0.05, 0.1) is 11.9 Å². The number of hydrogen-bond acceptors (Lipinski definition) is 6. The van der Waals surface area contributed by atoms with Crippen LogP contribution >= 0.6 is 0 Å². The van der Waals surface area contributed by atoms with E-state index in [1.54, 1.807) is 12.1 Å². The lowest BCUT2D eigenvalue weighted by Gasteiger charge is -2.10. The first-order valence-corrected chi connectivity index (χ1v) is 5.30. The van der Waals surface area contributed by atoms with E-state index in [0.717, 1.165) is 0 Å². The molecule has 3 aromatic heterocycles. The number of aliphatic hydroxyl groups is 1. The first-order valence-electron chi connectivity index (χ1n) is 5.30. The Labute approximate surface area is 105 Å². The SMILES string of the molecule is O=C(O)C(O)c1cccc2ncc(-c3nnn[nH]3)n12. The minimum absolute atomic E-state index is 0.175. The van der Waals surface area contributed by atoms with E-state index < -0.39 is 12.1 Å². The third-order valence-electron chi connectivity index (χ3n) is 2.66. The average Bonchev–Trinajstić information content (AvgIpc) is 3.05. The van der Waals surface area contributed by atoms with Crippen molar-refractivity contribution in [2.24, 2.45) is 0 Å². The van der Waals surface area contributed by atoms with Gasteiger partial charge in [-0.3, -0.25) is 4.40 Å². The van der Waals surface area contributed by atoms with Crippen LogP contribution in [0, 0.1) is 0 Å². The minimum atomic E-state index is -1.66. The molecule has 0 radical (unpaired) electrons. The van der Waals surface area contributed by atoms with Gasteiger partial charge in [0, 0.05) is 0 Å². The molecule has 1 unspecified atom stereocenters. The Morgan fingerprint density at radius 1 is 1.42 bits per heavy atom. The van der Waals surface area contributed by atoms with Gasteiger partial charge >= 0.3 is 5.97 Å². The van der Waals surface area contributed by atoms with Crippen LogP contribution in [0.3, 0.4) is 0 Å². The highest BCUT2D eigenvalue weighted by Crippen LogP contribution is 2.22. The largest absolute Gasteiger partial charge is 0.479 e. The second kappa shape index (κ2) is 4.14. The lowest BCUT2D eigenvalue weighted by atomic mass is 10.2. The van der Waals surface area contributed by atoms with Crippen LogP contribution in [0.2, 0.25) is 0 Å². The quantitative estimate of drug-likeness (QED) is 0.585. The Hall–Kier alpha value is -2.81. The first-order chi connectivity index (χ1) is 9.18. The summed E-state index contributed by atoms with van der Waals surface area (Å²) in [5.41, 5.74) is 1.13. The molecule has 0 bridgehead atoms. The number of carboxylic acids is 1. The van der Waals surface area contributed by atoms with Gasteiger partial charge < -0.3 is 10.2 Å². The molecular formula is C10H8N6O3. The number of fused-ring (bicyclic) bond motifs is 1. The number of pyridine rings is 1. The van der Waals surface area contributed by atoms with E-state index in [1.807, 2.05) is 0 Å². The van der Waals surface area contributed by atoms with E-state index in [4.69, 9.17) is 5.11 Å². The molecule has 0 saturated carbocycles. The van der Waals surface area contributed by atoms with E-state index in [-0.39, 0.29) is 5.69 Å². The van der Waals surface area contributed by atoms with Gasteiger partial charge in [-0.15, -0.1) is 5.10 Å². The van der Waals surface area contributed by atoms with Gasteiger partial charge in [0.15, 0.2) is 11.9 Å². The number of nitrogens with zero attached hydrogens (tertiary/aromatic N) is 5. The molecule has 0 spiro atoms. The highest BCUT2D eigenvalue weighted by Gasteiger charge is 2.21. The van der Waals surface area contributed by atoms with Crippen molar-refractivity contribution in [1.29, 1.82) is 0 Å². The molecule has 1 atom stereocenters. The van der Waals surface area contributed by atoms with E-state index in [0.29, 0.717) is 17.2 Å². The van der Waals surface area contributed by atoms with Crippen LogP contribution in [0.1, 0.15) is 11.8 Å². The molecule has 0 aliphatic rings. The zero-order valence-corrected chi connectivity index (χ0v) is 9.43. The Morgan fingerprint density at radius 3 is 2.95 bits per heavy atom. The van der Waals surface area contributed by atoms with Crippen molar-refractivity contribution < 1.29 is 15.0 Å². The van der Waals surface area contributed by atoms with Gasteiger partial charge in [-0.25, -0.2) is 14.9 Å². The average molecular weight is 260 g/mol. The summed E-state index contributed by atoms with van der Waals surface area (Å²) in [5, 5.41) is 31.9. The van der Waals surface area contributed by atoms with Crippen molar-refractivity contribution >= 4 is 11.6 Å². The molecule has 96 valence electrons. The molecule has 0 fully saturated rings. The third kappa shape index (κ3) is 1.72. The number of aliphatic hydroxyl groups excluding tert-OH is 1. The van der Waals surface area contributed by atoms with Crippen molar-refractivity contribution in [3.8, 4) is 11.5 Å². The summed E-state index contributed by atoms with van der Waals surface area (Å²) in [5.74, 6) is -1.01. The summed E-state index contributed by atoms with van der Waals surface area (Å²) in [4.78, 5) is 15.1. The maximum Gasteiger partial charge on any atom is 0.338 e. The summed E-state index contributed by atoms with van der Waals surface area (Å²) >= 11 is 0. The molecule has 9 nitrogen and oxygen atoms in total. The summed E-state index contributed by atoms with van der Waals surface area (Å²) < 4.78 is 1.49. The number of tetrazole rings is 1. The fourth-order valence-corrected chi connectivity index (χ4v) is 1.84. The van der Waals surface area contributed by atoms with E-state index in [1.165, 1.54) is 16.7 Å². The van der Waals surface area contributed by atoms with Crippen LogP contribution in [0.25, 0.3) is 17.2 Å². The zero-order valence-electron chi connectivity index (χ0n) is 9.43. The standard InChI is InChI=1S/C10H8N6O3/c17-8(10(18)19)5-2-1-3-7-11-4-6(16(5)7)9-12-14-15-13-9/h1-4,8,17H,(H,18,19)(H,12,13,14,15). The second-order valence-corrected chi connectivity index (χ2v) is 3.78. The van der Waals surface area contributed by atoms with Gasteiger partial charge in [0.25, 0.3) is 0 Å². The number of aliphatic carboxylic acids is 1. The van der Waals surface area contributed by atoms with Gasteiger partial charge in [0.1, 0.15) is 11.3 Å². The van der Waals surface area contributed by atoms with Crippen molar-refractivity contribution in [2.75, 3.05) is 0 Å². The van der Waals surface area contributed by atoms with Crippen molar-refractivity contribution in [2.45, 2.75) is 6.10 Å². The number of hydrogen-bond donors (Lipinski definition) is 3. The van der Waals surface area contributed by atoms with Crippen LogP contribution in [-0.2, 0) is 4.79 Å². The number of carbonyl (C=O) groups is 1. The van der Waals surface area contributed by atoms with E-state index in [9.17, 15) is 9.90 Å². The maximum absolute atomic E-state index is 10.9. The highest BCUT2D eigenvalue weighted by molar-refractivity contribution is 5.74. The van der Waals surface area contributed by atoms with Crippen molar-refractivity contribution in [3.05, 3.63) is 30.1 Å². The smallest absolute Gasteiger partial charge is 0.338 e. The van der Waals surface area contributed by atoms with Gasteiger partial charge in [0.2, 0.25) is 0 Å². The van der Waals surface area contributed by atoms with Gasteiger partial charge in [-0.1, -0.05) is 6.07 Å². The number of carboxylic acid groups (broad SMARTS) is 1. The van der Waals surface area contributed by atoms with Crippen LogP contribution in [0.4, 0.5) is 0 Å². The van der Waals surface area contributed by atoms with E-state index in [2.05, 4.69) is 25.6 Å². The number of H-pyrrole nitrogens is 1. The highest BCUT2D eigenvalue weighted by atomic mass is 16.4. The molecule has 0 aliphatic heterocycles. The number of aromatic amines is 1. The summed E-state index contributed by atoms with van der Waals surface area (Å²) in [6, 6.07) is 4.80. The topological polar surface area (TPSA) is 129 Å². The molecule has 0 amide bonds. The second-order valence-electron chi connectivity index (χ2n) is 3.78. The predicted octanol–water partition coefficient (Wildman–Crippen LogP) is -0.368. The fraction of sp³-hybridized carbons (Fsp3) is 0.100. The Balaban J connectivity index is 2.28. The molecule has 0 aromatic carbocycles. The van der Waals surface area contributed by atoms with Crippen LogP contribution < -0.4 is 0 Å². The first kappa shape index (κ1) is 11.3. The fourth-order valence-electron chi connectivity index (χ4n) is 1.84. The summed E-state index contributed by atoms with van der Waals surface area (Å²) in [7, 11) is 0. The molecule has 0 saturated heterocycles. The number of nitrogens with one attached hydrogen (secondary N) is 1. The Morgan fingerprint density at radius 2 is 2.26 bits per heavy atom. The van der Waals surface area contributed by atoms with Crippen LogP contribution in [0.15, 0.2) is 24.4 Å². The number of imidazole rings is 1. The number of rotatable bonds is 3. The molecule has 3 aromatic rings. The lowest BCUT2D eigenvalue weighted by molar-refractivity contribution is -0.147.